The van der Waals surface area contributed by atoms with Crippen molar-refractivity contribution in [2.24, 2.45) is 11.8 Å². The van der Waals surface area contributed by atoms with Gasteiger partial charge in [-0.15, -0.1) is 3.71 Å². The van der Waals surface area contributed by atoms with Gasteiger partial charge in [0.2, 0.25) is 5.95 Å². The van der Waals surface area contributed by atoms with Crippen molar-refractivity contribution >= 4 is 48.5 Å². The first-order valence-electron chi connectivity index (χ1n) is 13.3. The fraction of sp³-hybridized carbons (Fsp3) is 0.320. The first-order valence-corrected chi connectivity index (χ1v) is 16.2. The minimum atomic E-state index is -5.14. The van der Waals surface area contributed by atoms with Gasteiger partial charge >= 0.3 is 5.69 Å². The van der Waals surface area contributed by atoms with E-state index in [2.05, 4.69) is 9.97 Å². The minimum absolute atomic E-state index is 0.0844. The molecule has 0 spiro atoms. The van der Waals surface area contributed by atoms with E-state index in [0.29, 0.717) is 0 Å². The fourth-order valence-electron chi connectivity index (χ4n) is 4.71. The van der Waals surface area contributed by atoms with E-state index in [1.165, 1.54) is 4.57 Å². The number of aromatic amines is 1. The third-order valence-corrected chi connectivity index (χ3v) is 11.6. The van der Waals surface area contributed by atoms with E-state index in [9.17, 15) is 46.7 Å². The topological polar surface area (TPSA) is 230 Å². The van der Waals surface area contributed by atoms with E-state index < -0.39 is 68.3 Å². The number of H-pyrrole nitrogens is 1. The van der Waals surface area contributed by atoms with Gasteiger partial charge in [-0.05, 0) is 61.8 Å². The smallest absolute Gasteiger partial charge is 0.316 e. The lowest BCUT2D eigenvalue weighted by Gasteiger charge is -2.21. The largest absolute Gasteiger partial charge is 0.332 e. The van der Waals surface area contributed by atoms with Crippen LogP contribution < -0.4 is 15.0 Å². The van der Waals surface area contributed by atoms with E-state index in [4.69, 9.17) is 0 Å². The van der Waals surface area contributed by atoms with Gasteiger partial charge in [-0.3, -0.25) is 34.2 Å². The number of anilines is 1. The van der Waals surface area contributed by atoms with Crippen molar-refractivity contribution in [2.45, 2.75) is 48.6 Å². The zero-order valence-electron chi connectivity index (χ0n) is 22.6. The molecule has 2 heterocycles. The van der Waals surface area contributed by atoms with Gasteiger partial charge in [-0.25, -0.2) is 4.79 Å². The lowest BCUT2D eigenvalue weighted by molar-refractivity contribution is -0.385. The van der Waals surface area contributed by atoms with Crippen LogP contribution in [0.15, 0.2) is 67.9 Å². The highest BCUT2D eigenvalue weighted by atomic mass is 32.3. The molecule has 6 rings (SSSR count). The maximum atomic E-state index is 14.0. The number of nitrogens with zero attached hydrogens (tertiary/aromatic N) is 6. The molecule has 0 bridgehead atoms. The highest BCUT2D eigenvalue weighted by Crippen LogP contribution is 2.34. The molecule has 2 saturated carbocycles. The Morgan fingerprint density at radius 2 is 1.20 bits per heavy atom. The van der Waals surface area contributed by atoms with Crippen molar-refractivity contribution in [3.8, 4) is 0 Å². The summed E-state index contributed by atoms with van der Waals surface area (Å²) in [7, 11) is -10.3. The van der Waals surface area contributed by atoms with E-state index >= 15 is 0 Å². The normalized spacial score (nSPS) is 15.4. The summed E-state index contributed by atoms with van der Waals surface area (Å²) in [4.78, 5) is 53.0. The van der Waals surface area contributed by atoms with Crippen LogP contribution in [0.25, 0.3) is 11.2 Å². The Morgan fingerprint density at radius 3 is 1.61 bits per heavy atom. The average molecular weight is 646 g/mol. The molecule has 0 atom stereocenters. The molecule has 2 fully saturated rings. The monoisotopic (exact) mass is 645 g/mol. The van der Waals surface area contributed by atoms with Gasteiger partial charge < -0.3 is 4.98 Å². The second-order valence-corrected chi connectivity index (χ2v) is 14.5. The van der Waals surface area contributed by atoms with Crippen LogP contribution in [-0.4, -0.2) is 45.8 Å². The average Bonchev–Trinajstić information content (AvgIpc) is 3.92. The third kappa shape index (κ3) is 5.12. The summed E-state index contributed by atoms with van der Waals surface area (Å²) < 4.78 is 58.1. The summed E-state index contributed by atoms with van der Waals surface area (Å²) in [5.41, 5.74) is -2.90. The number of nitro groups is 2. The molecule has 44 heavy (non-hydrogen) atoms. The number of rotatable bonds is 11. The Hall–Kier alpha value is -4.91. The molecule has 0 saturated heterocycles. The predicted octanol–water partition coefficient (Wildman–Crippen LogP) is 2.11. The van der Waals surface area contributed by atoms with Crippen LogP contribution in [0.3, 0.4) is 0 Å². The van der Waals surface area contributed by atoms with Crippen LogP contribution in [-0.2, 0) is 33.1 Å². The number of nitro benzene ring substituents is 2. The maximum absolute atomic E-state index is 14.0. The number of imidazole rings is 1. The molecular weight excluding hydrogens is 622 g/mol. The Morgan fingerprint density at radius 1 is 0.773 bits per heavy atom. The van der Waals surface area contributed by atoms with Crippen LogP contribution in [0.5, 0.6) is 0 Å². The van der Waals surface area contributed by atoms with Gasteiger partial charge in [-0.1, -0.05) is 0 Å². The second kappa shape index (κ2) is 10.4. The number of sulfonamides is 2. The second-order valence-electron chi connectivity index (χ2n) is 10.7. The summed E-state index contributed by atoms with van der Waals surface area (Å²) in [6.45, 7) is 0.313. The number of fused-ring (bicyclic) bond motifs is 1. The highest BCUT2D eigenvalue weighted by molar-refractivity contribution is 8.10. The number of nitrogens with one attached hydrogen (secondary N) is 1. The van der Waals surface area contributed by atoms with Crippen LogP contribution in [0.2, 0.25) is 0 Å². The molecule has 4 aromatic rings. The molecule has 0 amide bonds. The molecule has 2 aromatic carbocycles. The van der Waals surface area contributed by atoms with Gasteiger partial charge in [-0.2, -0.15) is 21.8 Å². The molecule has 0 unspecified atom stereocenters. The lowest BCUT2D eigenvalue weighted by Crippen LogP contribution is -2.41. The van der Waals surface area contributed by atoms with Crippen molar-refractivity contribution in [3.05, 3.63) is 89.6 Å². The van der Waals surface area contributed by atoms with Gasteiger partial charge in [0.05, 0.1) is 19.6 Å². The number of benzene rings is 2. The lowest BCUT2D eigenvalue weighted by atomic mass is 10.3. The fourth-order valence-corrected chi connectivity index (χ4v) is 8.23. The first-order chi connectivity index (χ1) is 20.8. The van der Waals surface area contributed by atoms with Gasteiger partial charge in [0, 0.05) is 37.4 Å². The third-order valence-electron chi connectivity index (χ3n) is 7.42. The standard InChI is InChI=1S/C25H23N7O10S2/c33-23-21-22(28(13-15-1-2-15)25(34)29(23)14-16-3-4-16)27-24(26-21)32(43(39,40)19-9-5-17(6-10-19)30(35)36)44(41,42)20-11-7-18(8-12-20)31(37)38/h5-12,15-16H,1-4,13-14H2,(H,26,27). The molecule has 0 radical (unpaired) electrons. The molecule has 0 aliphatic heterocycles. The molecule has 2 aliphatic carbocycles. The molecule has 17 nitrogen and oxygen atoms in total. The molecule has 230 valence electrons. The summed E-state index contributed by atoms with van der Waals surface area (Å²) in [6, 6.07) is 6.80. The van der Waals surface area contributed by atoms with E-state index in [1.54, 1.807) is 0 Å². The molecule has 2 aromatic heterocycles. The predicted molar refractivity (Wildman–Crippen MR) is 153 cm³/mol. The summed E-state index contributed by atoms with van der Waals surface area (Å²) in [5.74, 6) is -0.607. The Labute approximate surface area is 247 Å². The summed E-state index contributed by atoms with van der Waals surface area (Å²) in [6.07, 6.45) is 3.30. The van der Waals surface area contributed by atoms with Crippen LogP contribution >= 0.6 is 0 Å². The van der Waals surface area contributed by atoms with Crippen molar-refractivity contribution in [3.63, 3.8) is 0 Å². The van der Waals surface area contributed by atoms with E-state index in [-0.39, 0.29) is 39.8 Å². The van der Waals surface area contributed by atoms with E-state index in [1.807, 2.05) is 0 Å². The molecular formula is C25H23N7O10S2. The Bertz CT molecular complexity index is 2080. The summed E-state index contributed by atoms with van der Waals surface area (Å²) in [5, 5.41) is 22.3. The van der Waals surface area contributed by atoms with Crippen molar-refractivity contribution in [1.29, 1.82) is 0 Å². The number of hydrogen-bond donors (Lipinski definition) is 1. The van der Waals surface area contributed by atoms with Crippen molar-refractivity contribution in [2.75, 3.05) is 3.71 Å². The number of aromatic nitrogens is 4. The zero-order valence-corrected chi connectivity index (χ0v) is 24.2. The molecule has 2 aliphatic rings. The van der Waals surface area contributed by atoms with Crippen LogP contribution in [0.1, 0.15) is 25.7 Å². The highest BCUT2D eigenvalue weighted by Gasteiger charge is 2.40. The molecule has 1 N–H and O–H groups in total. The number of hydrogen-bond acceptors (Lipinski definition) is 11. The van der Waals surface area contributed by atoms with Crippen LogP contribution in [0.4, 0.5) is 17.3 Å². The SMILES string of the molecule is O=c1c2[nH]c(N(S(=O)(=O)c3ccc([N+](=O)[O-])cc3)S(=O)(=O)c3ccc([N+](=O)[O-])cc3)nc2n(CC2CC2)c(=O)n1CC1CC1. The quantitative estimate of drug-likeness (QED) is 0.183. The van der Waals surface area contributed by atoms with E-state index in [0.717, 1.165) is 78.8 Å². The maximum Gasteiger partial charge on any atom is 0.332 e. The van der Waals surface area contributed by atoms with Gasteiger partial charge in [0.25, 0.3) is 37.0 Å². The Balaban J connectivity index is 1.58. The molecule has 19 heteroatoms. The minimum Gasteiger partial charge on any atom is -0.316 e. The zero-order chi connectivity index (χ0) is 31.6. The van der Waals surface area contributed by atoms with Crippen molar-refractivity contribution in [1.82, 2.24) is 19.1 Å². The van der Waals surface area contributed by atoms with Crippen LogP contribution in [0, 0.1) is 32.1 Å². The Kier molecular flexibility index (Phi) is 6.87. The first kappa shape index (κ1) is 29.2. The van der Waals surface area contributed by atoms with Gasteiger partial charge in [0.1, 0.15) is 0 Å². The number of non-ortho nitro benzene ring substituents is 2. The summed E-state index contributed by atoms with van der Waals surface area (Å²) >= 11 is 0. The van der Waals surface area contributed by atoms with Gasteiger partial charge in [0.15, 0.2) is 11.2 Å². The van der Waals surface area contributed by atoms with Crippen molar-refractivity contribution < 1.29 is 26.7 Å².